The normalized spacial score (nSPS) is 15.1. The zero-order valence-corrected chi connectivity index (χ0v) is 15.9. The third-order valence-electron chi connectivity index (χ3n) is 5.36. The van der Waals surface area contributed by atoms with Crippen molar-refractivity contribution >= 4 is 32.5 Å². The van der Waals surface area contributed by atoms with Gasteiger partial charge in [0.15, 0.2) is 0 Å². The number of aromatic nitrogens is 3. The molecule has 4 radical (unpaired) electrons. The summed E-state index contributed by atoms with van der Waals surface area (Å²) in [5.41, 5.74) is 4.97. The molecular formula is C22H16B2N4O. The van der Waals surface area contributed by atoms with E-state index in [2.05, 4.69) is 22.2 Å². The van der Waals surface area contributed by atoms with Crippen LogP contribution in [0.3, 0.4) is 0 Å². The van der Waals surface area contributed by atoms with E-state index in [4.69, 9.17) is 15.7 Å². The van der Waals surface area contributed by atoms with E-state index in [0.29, 0.717) is 17.8 Å². The minimum atomic E-state index is -1.42. The molecule has 0 unspecified atom stereocenters. The van der Waals surface area contributed by atoms with Gasteiger partial charge in [-0.2, -0.15) is 5.10 Å². The Bertz CT molecular complexity index is 1250. The number of aryl methyl sites for hydroxylation is 1. The van der Waals surface area contributed by atoms with Gasteiger partial charge in [0.1, 0.15) is 0 Å². The first-order valence-corrected chi connectivity index (χ1v) is 9.31. The fourth-order valence-corrected chi connectivity index (χ4v) is 3.85. The number of carbonyl (C=O) groups excluding carboxylic acids is 1. The topological polar surface area (TPSA) is 51.0 Å². The first-order valence-electron chi connectivity index (χ1n) is 9.31. The van der Waals surface area contributed by atoms with E-state index in [1.807, 2.05) is 48.3 Å². The van der Waals surface area contributed by atoms with Crippen molar-refractivity contribution in [2.24, 2.45) is 7.05 Å². The van der Waals surface area contributed by atoms with Crippen molar-refractivity contribution in [2.75, 3.05) is 0 Å². The third-order valence-corrected chi connectivity index (χ3v) is 5.36. The maximum atomic E-state index is 12.7. The lowest BCUT2D eigenvalue weighted by Crippen LogP contribution is -2.44. The molecule has 2 aromatic heterocycles. The van der Waals surface area contributed by atoms with Crippen molar-refractivity contribution < 1.29 is 4.79 Å². The molecule has 0 fully saturated rings. The van der Waals surface area contributed by atoms with Crippen molar-refractivity contribution in [1.29, 1.82) is 0 Å². The second-order valence-electron chi connectivity index (χ2n) is 7.39. The molecule has 1 amide bonds. The van der Waals surface area contributed by atoms with E-state index in [1.54, 1.807) is 18.3 Å². The largest absolute Gasteiger partial charge is 0.340 e. The Hall–Kier alpha value is -3.34. The fraction of sp³-hybridized carbons (Fsp3) is 0.136. The van der Waals surface area contributed by atoms with E-state index in [1.165, 1.54) is 4.90 Å². The Morgan fingerprint density at radius 1 is 1.03 bits per heavy atom. The first kappa shape index (κ1) is 17.7. The number of hydrogen-bond donors (Lipinski definition) is 0. The molecule has 7 heteroatoms. The van der Waals surface area contributed by atoms with Gasteiger partial charge >= 0.3 is 0 Å². The first-order chi connectivity index (χ1) is 13.9. The van der Waals surface area contributed by atoms with Gasteiger partial charge in [0.25, 0.3) is 5.91 Å². The summed E-state index contributed by atoms with van der Waals surface area (Å²) >= 11 is 0. The lowest BCUT2D eigenvalue weighted by atomic mass is 9.59. The number of amides is 1. The Labute approximate surface area is 171 Å². The number of rotatable bonds is 3. The monoisotopic (exact) mass is 374 g/mol. The fourth-order valence-electron chi connectivity index (χ4n) is 3.85. The van der Waals surface area contributed by atoms with Crippen molar-refractivity contribution in [3.8, 4) is 11.1 Å². The van der Waals surface area contributed by atoms with Crippen LogP contribution >= 0.6 is 0 Å². The van der Waals surface area contributed by atoms with Crippen molar-refractivity contribution in [3.05, 3.63) is 83.8 Å². The average Bonchev–Trinajstić information content (AvgIpc) is 3.18. The van der Waals surface area contributed by atoms with Gasteiger partial charge in [0.2, 0.25) is 0 Å². The van der Waals surface area contributed by atoms with Crippen LogP contribution in [0.4, 0.5) is 0 Å². The van der Waals surface area contributed by atoms with Gasteiger partial charge in [-0.3, -0.25) is 14.5 Å². The molecule has 136 valence electrons. The van der Waals surface area contributed by atoms with Gasteiger partial charge in [-0.1, -0.05) is 30.3 Å². The smallest absolute Gasteiger partial charge is 0.255 e. The summed E-state index contributed by atoms with van der Waals surface area (Å²) in [6.07, 6.45) is 3.60. The molecule has 0 saturated heterocycles. The van der Waals surface area contributed by atoms with E-state index in [0.717, 1.165) is 27.6 Å². The van der Waals surface area contributed by atoms with Gasteiger partial charge in [-0.15, -0.1) is 0 Å². The molecule has 1 aliphatic heterocycles. The maximum Gasteiger partial charge on any atom is 0.255 e. The molecule has 0 spiro atoms. The van der Waals surface area contributed by atoms with Gasteiger partial charge in [0.05, 0.1) is 32.5 Å². The molecule has 1 aliphatic rings. The summed E-state index contributed by atoms with van der Waals surface area (Å²) in [6, 6.07) is 17.7. The van der Waals surface area contributed by atoms with Crippen LogP contribution < -0.4 is 0 Å². The summed E-state index contributed by atoms with van der Waals surface area (Å²) in [4.78, 5) is 18.4. The van der Waals surface area contributed by atoms with Crippen molar-refractivity contribution in [1.82, 2.24) is 19.7 Å². The number of benzene rings is 2. The lowest BCUT2D eigenvalue weighted by Gasteiger charge is -2.33. The van der Waals surface area contributed by atoms with E-state index >= 15 is 0 Å². The summed E-state index contributed by atoms with van der Waals surface area (Å²) in [7, 11) is 14.4. The number of pyridine rings is 1. The van der Waals surface area contributed by atoms with Crippen LogP contribution in [0, 0.1) is 0 Å². The number of nitrogens with zero attached hydrogens (tertiary/aromatic N) is 4. The molecule has 0 atom stereocenters. The Morgan fingerprint density at radius 2 is 1.79 bits per heavy atom. The molecule has 0 saturated carbocycles. The molecule has 0 N–H and O–H groups in total. The molecule has 4 aromatic rings. The molecule has 3 heterocycles. The van der Waals surface area contributed by atoms with Crippen molar-refractivity contribution in [2.45, 2.75) is 11.9 Å². The second kappa shape index (κ2) is 6.34. The lowest BCUT2D eigenvalue weighted by molar-refractivity contribution is 0.0731. The highest BCUT2D eigenvalue weighted by molar-refractivity contribution is 6.42. The van der Waals surface area contributed by atoms with Crippen LogP contribution in [0.25, 0.3) is 22.0 Å². The van der Waals surface area contributed by atoms with Crippen LogP contribution in [0.2, 0.25) is 0 Å². The van der Waals surface area contributed by atoms with Gasteiger partial charge in [-0.25, -0.2) is 0 Å². The number of carbonyl (C=O) groups is 1. The highest BCUT2D eigenvalue weighted by atomic mass is 16.2. The Kier molecular flexibility index (Phi) is 3.88. The van der Waals surface area contributed by atoms with Gasteiger partial charge in [0, 0.05) is 36.7 Å². The zero-order chi connectivity index (χ0) is 20.2. The molecule has 29 heavy (non-hydrogen) atoms. The summed E-state index contributed by atoms with van der Waals surface area (Å²) in [5.74, 6) is -0.204. The van der Waals surface area contributed by atoms with Gasteiger partial charge in [-0.05, 0) is 41.0 Å². The molecule has 2 aromatic carbocycles. The highest BCUT2D eigenvalue weighted by Crippen LogP contribution is 2.34. The average molecular weight is 374 g/mol. The van der Waals surface area contributed by atoms with Crippen LogP contribution in [0.5, 0.6) is 0 Å². The van der Waals surface area contributed by atoms with Crippen LogP contribution in [-0.4, -0.2) is 41.3 Å². The zero-order valence-electron chi connectivity index (χ0n) is 15.9. The minimum absolute atomic E-state index is 0.204. The summed E-state index contributed by atoms with van der Waals surface area (Å²) < 4.78 is 1.81. The molecule has 0 aliphatic carbocycles. The standard InChI is InChI=1S/C22H16B2N4O/c1-27-13-17-11-16(8-9-19(17)26-27)15-6-4-14(5-7-15)12-28-21(29)18-3-2-10-25-20(18)22(28,23)24/h2-11,13H,12H2,1H3. The molecule has 0 bridgehead atoms. The predicted octanol–water partition coefficient (Wildman–Crippen LogP) is 2.74. The summed E-state index contributed by atoms with van der Waals surface area (Å²) in [5, 5.41) is 4.08. The van der Waals surface area contributed by atoms with E-state index in [9.17, 15) is 4.79 Å². The van der Waals surface area contributed by atoms with Crippen LogP contribution in [0.15, 0.2) is 67.0 Å². The van der Waals surface area contributed by atoms with Crippen LogP contribution in [-0.2, 0) is 18.9 Å². The second-order valence-corrected chi connectivity index (χ2v) is 7.39. The molecule has 5 rings (SSSR count). The maximum absolute atomic E-state index is 12.7. The van der Waals surface area contributed by atoms with Crippen molar-refractivity contribution in [3.63, 3.8) is 0 Å². The van der Waals surface area contributed by atoms with Gasteiger partial charge < -0.3 is 4.90 Å². The van der Waals surface area contributed by atoms with Crippen LogP contribution in [0.1, 0.15) is 21.6 Å². The third kappa shape index (κ3) is 2.85. The van der Waals surface area contributed by atoms with E-state index < -0.39 is 5.34 Å². The molecular weight excluding hydrogens is 358 g/mol. The highest BCUT2D eigenvalue weighted by Gasteiger charge is 2.42. The Morgan fingerprint density at radius 3 is 2.55 bits per heavy atom. The summed E-state index contributed by atoms with van der Waals surface area (Å²) in [6.45, 7) is 0.310. The Balaban J connectivity index is 1.41. The molecule has 5 nitrogen and oxygen atoms in total. The van der Waals surface area contributed by atoms with E-state index in [-0.39, 0.29) is 5.91 Å². The predicted molar refractivity (Wildman–Crippen MR) is 113 cm³/mol. The number of hydrogen-bond acceptors (Lipinski definition) is 3. The number of fused-ring (bicyclic) bond motifs is 2. The SMILES string of the molecule is [B]C1([B])c2ncccc2C(=O)N1Cc1ccc(-c2ccc3nn(C)cc3c2)cc1. The quantitative estimate of drug-likeness (QED) is 0.519. The minimum Gasteiger partial charge on any atom is -0.340 e.